The number of pyridine rings is 1. The Balaban J connectivity index is 2.38. The number of ether oxygens (including phenoxy) is 1. The molecule has 1 heterocycles. The Bertz CT molecular complexity index is 658. The zero-order chi connectivity index (χ0) is 13.8. The second-order valence-electron chi connectivity index (χ2n) is 4.32. The average molecular weight is 257 g/mol. The van der Waals surface area contributed by atoms with Gasteiger partial charge in [-0.3, -0.25) is 4.79 Å². The lowest BCUT2D eigenvalue weighted by Crippen LogP contribution is -2.20. The number of rotatable bonds is 3. The third kappa shape index (κ3) is 2.91. The summed E-state index contributed by atoms with van der Waals surface area (Å²) < 4.78 is 6.30. The van der Waals surface area contributed by atoms with E-state index in [2.05, 4.69) is 0 Å². The summed E-state index contributed by atoms with van der Waals surface area (Å²) in [5.41, 5.74) is 2.08. The summed E-state index contributed by atoms with van der Waals surface area (Å²) in [5, 5.41) is 0. The quantitative estimate of drug-likeness (QED) is 0.790. The Hall–Kier alpha value is -2.36. The summed E-state index contributed by atoms with van der Waals surface area (Å²) in [7, 11) is 1.34. The van der Waals surface area contributed by atoms with Crippen LogP contribution in [0.25, 0.3) is 0 Å². The van der Waals surface area contributed by atoms with Crippen molar-refractivity contribution >= 4 is 5.97 Å². The number of hydrogen-bond donors (Lipinski definition) is 0. The Morgan fingerprint density at radius 1 is 1.26 bits per heavy atom. The Morgan fingerprint density at radius 3 is 2.68 bits per heavy atom. The Labute approximate surface area is 111 Å². The summed E-state index contributed by atoms with van der Waals surface area (Å²) in [6.07, 6.45) is 1.73. The number of benzene rings is 1. The van der Waals surface area contributed by atoms with E-state index in [0.29, 0.717) is 12.1 Å². The van der Waals surface area contributed by atoms with Crippen molar-refractivity contribution in [1.29, 1.82) is 0 Å². The SMILES string of the molecule is COC(=O)c1ccccc1Cn1ccc(C)cc1=O. The third-order valence-corrected chi connectivity index (χ3v) is 2.91. The molecule has 2 aromatic rings. The minimum atomic E-state index is -0.393. The molecule has 1 aromatic heterocycles. The predicted molar refractivity (Wildman–Crippen MR) is 72.3 cm³/mol. The molecule has 0 N–H and O–H groups in total. The van der Waals surface area contributed by atoms with Gasteiger partial charge in [0.05, 0.1) is 19.2 Å². The average Bonchev–Trinajstić information content (AvgIpc) is 2.41. The van der Waals surface area contributed by atoms with Gasteiger partial charge in [0.25, 0.3) is 5.56 Å². The molecule has 4 nitrogen and oxygen atoms in total. The highest BCUT2D eigenvalue weighted by atomic mass is 16.5. The number of aromatic nitrogens is 1. The van der Waals surface area contributed by atoms with Crippen molar-refractivity contribution in [2.45, 2.75) is 13.5 Å². The van der Waals surface area contributed by atoms with Gasteiger partial charge in [-0.05, 0) is 30.2 Å². The lowest BCUT2D eigenvalue weighted by atomic mass is 10.1. The molecule has 0 saturated heterocycles. The van der Waals surface area contributed by atoms with E-state index in [9.17, 15) is 9.59 Å². The number of aryl methyl sites for hydroxylation is 1. The van der Waals surface area contributed by atoms with Crippen LogP contribution in [0.4, 0.5) is 0 Å². The minimum absolute atomic E-state index is 0.0836. The maximum atomic E-state index is 11.8. The first-order chi connectivity index (χ1) is 9.11. The van der Waals surface area contributed by atoms with Gasteiger partial charge >= 0.3 is 5.97 Å². The van der Waals surface area contributed by atoms with Crippen LogP contribution in [-0.4, -0.2) is 17.6 Å². The second-order valence-corrected chi connectivity index (χ2v) is 4.32. The lowest BCUT2D eigenvalue weighted by molar-refractivity contribution is 0.0599. The number of hydrogen-bond acceptors (Lipinski definition) is 3. The summed E-state index contributed by atoms with van der Waals surface area (Å²) >= 11 is 0. The second kappa shape index (κ2) is 5.52. The molecule has 0 bridgehead atoms. The van der Waals surface area contributed by atoms with Crippen molar-refractivity contribution < 1.29 is 9.53 Å². The molecule has 0 aliphatic heterocycles. The van der Waals surface area contributed by atoms with Gasteiger partial charge in [-0.25, -0.2) is 4.79 Å². The van der Waals surface area contributed by atoms with Crippen LogP contribution in [0.2, 0.25) is 0 Å². The zero-order valence-electron chi connectivity index (χ0n) is 10.9. The molecule has 0 unspecified atom stereocenters. The predicted octanol–water partition coefficient (Wildman–Crippen LogP) is 1.99. The molecule has 0 radical (unpaired) electrons. The number of esters is 1. The number of methoxy groups -OCH3 is 1. The van der Waals surface area contributed by atoms with Gasteiger partial charge in [-0.2, -0.15) is 0 Å². The van der Waals surface area contributed by atoms with Crippen molar-refractivity contribution in [3.8, 4) is 0 Å². The molecule has 19 heavy (non-hydrogen) atoms. The van der Waals surface area contributed by atoms with E-state index in [1.54, 1.807) is 29.0 Å². The summed E-state index contributed by atoms with van der Waals surface area (Å²) in [5.74, 6) is -0.393. The van der Waals surface area contributed by atoms with E-state index in [0.717, 1.165) is 11.1 Å². The Morgan fingerprint density at radius 2 is 2.00 bits per heavy atom. The topological polar surface area (TPSA) is 48.3 Å². The van der Waals surface area contributed by atoms with E-state index >= 15 is 0 Å². The Kier molecular flexibility index (Phi) is 3.80. The van der Waals surface area contributed by atoms with E-state index < -0.39 is 5.97 Å². The van der Waals surface area contributed by atoms with Gasteiger partial charge in [0.2, 0.25) is 0 Å². The van der Waals surface area contributed by atoms with E-state index in [4.69, 9.17) is 4.74 Å². The molecule has 0 saturated carbocycles. The molecule has 0 atom stereocenters. The number of carbonyl (C=O) groups is 1. The van der Waals surface area contributed by atoms with Crippen molar-refractivity contribution in [3.05, 3.63) is 69.6 Å². The molecule has 0 aliphatic carbocycles. The van der Waals surface area contributed by atoms with E-state index in [1.165, 1.54) is 7.11 Å². The smallest absolute Gasteiger partial charge is 0.338 e. The maximum Gasteiger partial charge on any atom is 0.338 e. The maximum absolute atomic E-state index is 11.8. The number of nitrogens with zero attached hydrogens (tertiary/aromatic N) is 1. The van der Waals surface area contributed by atoms with Gasteiger partial charge < -0.3 is 9.30 Å². The van der Waals surface area contributed by atoms with Crippen LogP contribution >= 0.6 is 0 Å². The van der Waals surface area contributed by atoms with Crippen molar-refractivity contribution in [2.24, 2.45) is 0 Å². The van der Waals surface area contributed by atoms with Crippen molar-refractivity contribution in [3.63, 3.8) is 0 Å². The van der Waals surface area contributed by atoms with Crippen LogP contribution in [0.15, 0.2) is 47.4 Å². The first-order valence-electron chi connectivity index (χ1n) is 5.95. The van der Waals surface area contributed by atoms with Crippen LogP contribution in [0.5, 0.6) is 0 Å². The van der Waals surface area contributed by atoms with Gasteiger partial charge in [0.1, 0.15) is 0 Å². The molecule has 98 valence electrons. The summed E-state index contributed by atoms with van der Waals surface area (Å²) in [6, 6.07) is 10.6. The molecule has 4 heteroatoms. The van der Waals surface area contributed by atoms with Crippen molar-refractivity contribution in [2.75, 3.05) is 7.11 Å². The highest BCUT2D eigenvalue weighted by Gasteiger charge is 2.11. The van der Waals surface area contributed by atoms with E-state index in [-0.39, 0.29) is 5.56 Å². The van der Waals surface area contributed by atoms with Gasteiger partial charge in [0, 0.05) is 12.3 Å². The fourth-order valence-electron chi connectivity index (χ4n) is 1.89. The molecule has 0 fully saturated rings. The molecular weight excluding hydrogens is 242 g/mol. The fraction of sp³-hybridized carbons (Fsp3) is 0.200. The van der Waals surface area contributed by atoms with Gasteiger partial charge in [-0.15, -0.1) is 0 Å². The van der Waals surface area contributed by atoms with Crippen LogP contribution in [0.3, 0.4) is 0 Å². The zero-order valence-corrected chi connectivity index (χ0v) is 10.9. The lowest BCUT2D eigenvalue weighted by Gasteiger charge is -2.10. The van der Waals surface area contributed by atoms with Gasteiger partial charge in [0.15, 0.2) is 0 Å². The van der Waals surface area contributed by atoms with Crippen molar-refractivity contribution in [1.82, 2.24) is 4.57 Å². The normalized spacial score (nSPS) is 10.2. The first-order valence-corrected chi connectivity index (χ1v) is 5.95. The molecule has 0 spiro atoms. The van der Waals surface area contributed by atoms with Gasteiger partial charge in [-0.1, -0.05) is 18.2 Å². The van der Waals surface area contributed by atoms with Crippen LogP contribution in [-0.2, 0) is 11.3 Å². The largest absolute Gasteiger partial charge is 0.465 e. The monoisotopic (exact) mass is 257 g/mol. The first kappa shape index (κ1) is 13.1. The molecule has 0 aliphatic rings. The minimum Gasteiger partial charge on any atom is -0.465 e. The summed E-state index contributed by atoms with van der Waals surface area (Å²) in [6.45, 7) is 2.22. The molecular formula is C15H15NO3. The highest BCUT2D eigenvalue weighted by molar-refractivity contribution is 5.90. The molecule has 2 rings (SSSR count). The van der Waals surface area contributed by atoms with E-state index in [1.807, 2.05) is 25.1 Å². The summed E-state index contributed by atoms with van der Waals surface area (Å²) in [4.78, 5) is 23.5. The van der Waals surface area contributed by atoms with Crippen LogP contribution < -0.4 is 5.56 Å². The third-order valence-electron chi connectivity index (χ3n) is 2.91. The standard InChI is InChI=1S/C15H15NO3/c1-11-7-8-16(14(17)9-11)10-12-5-3-4-6-13(12)15(18)19-2/h3-9H,10H2,1-2H3. The molecule has 1 aromatic carbocycles. The number of carbonyl (C=O) groups excluding carboxylic acids is 1. The highest BCUT2D eigenvalue weighted by Crippen LogP contribution is 2.11. The van der Waals surface area contributed by atoms with Crippen LogP contribution in [0, 0.1) is 6.92 Å². The fourth-order valence-corrected chi connectivity index (χ4v) is 1.89. The molecule has 0 amide bonds. The van der Waals surface area contributed by atoms with Crippen LogP contribution in [0.1, 0.15) is 21.5 Å².